The highest BCUT2D eigenvalue weighted by molar-refractivity contribution is 4.87. The molecule has 0 aliphatic rings. The quantitative estimate of drug-likeness (QED) is 0.248. The lowest BCUT2D eigenvalue weighted by Crippen LogP contribution is -2.56. The van der Waals surface area contributed by atoms with Gasteiger partial charge in [-0.25, -0.2) is 0 Å². The van der Waals surface area contributed by atoms with E-state index >= 15 is 0 Å². The molecule has 0 saturated heterocycles. The van der Waals surface area contributed by atoms with E-state index in [1.54, 1.807) is 0 Å². The van der Waals surface area contributed by atoms with E-state index in [-0.39, 0.29) is 0 Å². The van der Waals surface area contributed by atoms with Gasteiger partial charge in [-0.3, -0.25) is 9.80 Å². The van der Waals surface area contributed by atoms with Crippen molar-refractivity contribution in [1.29, 1.82) is 0 Å². The van der Waals surface area contributed by atoms with Crippen molar-refractivity contribution in [3.8, 4) is 0 Å². The summed E-state index contributed by atoms with van der Waals surface area (Å²) in [5, 5.41) is 0. The van der Waals surface area contributed by atoms with Crippen molar-refractivity contribution in [2.75, 3.05) is 89.1 Å². The summed E-state index contributed by atoms with van der Waals surface area (Å²) >= 11 is 0. The van der Waals surface area contributed by atoms with E-state index in [1.165, 1.54) is 0 Å². The first-order valence-electron chi connectivity index (χ1n) is 15.0. The van der Waals surface area contributed by atoms with Gasteiger partial charge in [-0.05, 0) is 87.0 Å². The highest BCUT2D eigenvalue weighted by Crippen LogP contribution is 2.19. The van der Waals surface area contributed by atoms with Crippen molar-refractivity contribution >= 4 is 0 Å². The second-order valence-corrected chi connectivity index (χ2v) is 14.1. The van der Waals surface area contributed by atoms with E-state index < -0.39 is 0 Å². The molecular formula is C31H70N6. The topological polar surface area (TPSA) is 19.4 Å². The molecule has 0 radical (unpaired) electrons. The molecule has 6 heteroatoms. The molecule has 0 aliphatic carbocycles. The zero-order chi connectivity index (χ0) is 29.2. The summed E-state index contributed by atoms with van der Waals surface area (Å²) in [5.41, 5.74) is 0. The van der Waals surface area contributed by atoms with Gasteiger partial charge < -0.3 is 19.6 Å². The minimum atomic E-state index is 0.479. The first-order chi connectivity index (χ1) is 16.9. The Morgan fingerprint density at radius 3 is 0.811 bits per heavy atom. The van der Waals surface area contributed by atoms with Gasteiger partial charge in [0.1, 0.15) is 0 Å². The van der Waals surface area contributed by atoms with Gasteiger partial charge in [0.15, 0.2) is 0 Å². The van der Waals surface area contributed by atoms with Crippen LogP contribution in [0.3, 0.4) is 0 Å². The maximum Gasteiger partial charge on any atom is 0.0240 e. The lowest BCUT2D eigenvalue weighted by atomic mass is 9.97. The summed E-state index contributed by atoms with van der Waals surface area (Å²) in [6.07, 6.45) is 0. The van der Waals surface area contributed by atoms with Crippen LogP contribution in [0.1, 0.15) is 62.3 Å². The van der Waals surface area contributed by atoms with Crippen molar-refractivity contribution in [1.82, 2.24) is 29.4 Å². The Morgan fingerprint density at radius 2 is 0.595 bits per heavy atom. The molecule has 0 aromatic heterocycles. The van der Waals surface area contributed by atoms with Crippen molar-refractivity contribution in [3.05, 3.63) is 0 Å². The molecule has 0 fully saturated rings. The Kier molecular flexibility index (Phi) is 17.3. The SMILES string of the molecule is CC(C)C(CN(CC(C(C)C)N(C)C)CC(C)N(CC(C(C)C)N(C)C)CC(C(C)C)N(C)C)N(C)C. The average molecular weight is 527 g/mol. The molecule has 5 atom stereocenters. The normalized spacial score (nSPS) is 17.6. The molecule has 0 N–H and O–H groups in total. The summed E-state index contributed by atoms with van der Waals surface area (Å²) in [4.78, 5) is 15.3. The summed E-state index contributed by atoms with van der Waals surface area (Å²) in [7, 11) is 18.0. The monoisotopic (exact) mass is 527 g/mol. The molecule has 0 saturated carbocycles. The first kappa shape index (κ1) is 36.8. The van der Waals surface area contributed by atoms with Gasteiger partial charge in [0.25, 0.3) is 0 Å². The van der Waals surface area contributed by atoms with Crippen LogP contribution in [0.4, 0.5) is 0 Å². The van der Waals surface area contributed by atoms with Crippen LogP contribution in [0.25, 0.3) is 0 Å². The van der Waals surface area contributed by atoms with E-state index in [4.69, 9.17) is 0 Å². The Bertz CT molecular complexity index is 496. The van der Waals surface area contributed by atoms with Crippen molar-refractivity contribution < 1.29 is 0 Å². The van der Waals surface area contributed by atoms with Crippen LogP contribution in [-0.4, -0.2) is 149 Å². The van der Waals surface area contributed by atoms with Gasteiger partial charge in [-0.1, -0.05) is 55.4 Å². The van der Waals surface area contributed by atoms with Gasteiger partial charge in [0, 0.05) is 62.9 Å². The predicted octanol–water partition coefficient (Wildman–Crippen LogP) is 4.32. The minimum absolute atomic E-state index is 0.479. The second kappa shape index (κ2) is 17.5. The van der Waals surface area contributed by atoms with Crippen molar-refractivity contribution in [3.63, 3.8) is 0 Å². The smallest absolute Gasteiger partial charge is 0.0240 e. The fourth-order valence-electron chi connectivity index (χ4n) is 6.04. The zero-order valence-corrected chi connectivity index (χ0v) is 28.4. The molecule has 0 aliphatic heterocycles. The summed E-state index contributed by atoms with van der Waals surface area (Å²) in [6, 6.07) is 2.66. The summed E-state index contributed by atoms with van der Waals surface area (Å²) < 4.78 is 0. The zero-order valence-electron chi connectivity index (χ0n) is 28.4. The van der Waals surface area contributed by atoms with Crippen LogP contribution in [0, 0.1) is 23.7 Å². The molecule has 0 aromatic carbocycles. The first-order valence-corrected chi connectivity index (χ1v) is 15.0. The highest BCUT2D eigenvalue weighted by Gasteiger charge is 2.30. The Labute approximate surface area is 234 Å². The molecule has 0 heterocycles. The fourth-order valence-corrected chi connectivity index (χ4v) is 6.04. The Balaban J connectivity index is 6.19. The molecule has 224 valence electrons. The lowest BCUT2D eigenvalue weighted by molar-refractivity contribution is 0.0475. The maximum absolute atomic E-state index is 2.81. The standard InChI is InChI=1S/C31H70N6/c1-23(2)28(32(10)11)19-36(20-29(24(3)4)33(12)13)18-27(9)37(21-30(25(5)6)34(14)15)22-31(26(7)8)35(16)17/h23-31H,18-22H2,1-17H3. The molecule has 0 bridgehead atoms. The van der Waals surface area contributed by atoms with Gasteiger partial charge in [0.05, 0.1) is 0 Å². The van der Waals surface area contributed by atoms with E-state index in [9.17, 15) is 0 Å². The minimum Gasteiger partial charge on any atom is -0.305 e. The maximum atomic E-state index is 2.81. The predicted molar refractivity (Wildman–Crippen MR) is 167 cm³/mol. The highest BCUT2D eigenvalue weighted by atomic mass is 15.3. The van der Waals surface area contributed by atoms with Gasteiger partial charge in [0.2, 0.25) is 0 Å². The van der Waals surface area contributed by atoms with E-state index in [0.717, 1.165) is 32.7 Å². The Morgan fingerprint density at radius 1 is 0.351 bits per heavy atom. The second-order valence-electron chi connectivity index (χ2n) is 14.1. The van der Waals surface area contributed by atoms with Crippen LogP contribution >= 0.6 is 0 Å². The molecule has 6 nitrogen and oxygen atoms in total. The summed E-state index contributed by atoms with van der Waals surface area (Å²) in [6.45, 7) is 27.0. The van der Waals surface area contributed by atoms with Crippen LogP contribution in [-0.2, 0) is 0 Å². The van der Waals surface area contributed by atoms with Crippen molar-refractivity contribution in [2.24, 2.45) is 23.7 Å². The average Bonchev–Trinajstić information content (AvgIpc) is 2.72. The van der Waals surface area contributed by atoms with Crippen LogP contribution < -0.4 is 0 Å². The van der Waals surface area contributed by atoms with Gasteiger partial charge in [-0.2, -0.15) is 0 Å². The Hall–Kier alpha value is -0.240. The number of hydrogen-bond acceptors (Lipinski definition) is 6. The third kappa shape index (κ3) is 13.1. The molecule has 0 amide bonds. The molecule has 5 unspecified atom stereocenters. The molecular weight excluding hydrogens is 456 g/mol. The number of rotatable bonds is 19. The molecule has 0 rings (SSSR count). The number of likely N-dealkylation sites (N-methyl/N-ethyl adjacent to an activating group) is 4. The van der Waals surface area contributed by atoms with Gasteiger partial charge in [-0.15, -0.1) is 0 Å². The number of nitrogens with zero attached hydrogens (tertiary/aromatic N) is 6. The van der Waals surface area contributed by atoms with Gasteiger partial charge >= 0.3 is 0 Å². The third-order valence-electron chi connectivity index (χ3n) is 8.61. The summed E-state index contributed by atoms with van der Waals surface area (Å²) in [5.74, 6) is 2.49. The fraction of sp³-hybridized carbons (Fsp3) is 1.00. The largest absolute Gasteiger partial charge is 0.305 e. The molecule has 37 heavy (non-hydrogen) atoms. The van der Waals surface area contributed by atoms with E-state index in [2.05, 4.69) is 148 Å². The molecule has 0 aromatic rings. The number of hydrogen-bond donors (Lipinski definition) is 0. The van der Waals surface area contributed by atoms with Crippen LogP contribution in [0.2, 0.25) is 0 Å². The van der Waals surface area contributed by atoms with Crippen LogP contribution in [0.5, 0.6) is 0 Å². The molecule has 0 spiro atoms. The third-order valence-corrected chi connectivity index (χ3v) is 8.61. The van der Waals surface area contributed by atoms with E-state index in [1.807, 2.05) is 0 Å². The lowest BCUT2D eigenvalue weighted by Gasteiger charge is -2.44. The van der Waals surface area contributed by atoms with E-state index in [0.29, 0.717) is 53.9 Å². The van der Waals surface area contributed by atoms with Crippen molar-refractivity contribution in [2.45, 2.75) is 92.5 Å². The van der Waals surface area contributed by atoms with Crippen LogP contribution in [0.15, 0.2) is 0 Å².